The van der Waals surface area contributed by atoms with Crippen molar-refractivity contribution >= 4 is 5.97 Å². The molecule has 0 aliphatic heterocycles. The fraction of sp³-hybridized carbons (Fsp3) is 0.308. The van der Waals surface area contributed by atoms with Gasteiger partial charge in [-0.1, -0.05) is 30.3 Å². The molecule has 0 aliphatic carbocycles. The second-order valence-electron chi connectivity index (χ2n) is 3.68. The molecule has 104 valence electrons. The summed E-state index contributed by atoms with van der Waals surface area (Å²) in [7, 11) is 0. The van der Waals surface area contributed by atoms with Crippen molar-refractivity contribution in [1.82, 2.24) is 0 Å². The molecule has 0 amide bonds. The predicted octanol–water partition coefficient (Wildman–Crippen LogP) is 3.21. The number of hydrogen-bond donors (Lipinski definition) is 0. The Morgan fingerprint density at radius 1 is 1.32 bits per heavy atom. The van der Waals surface area contributed by atoms with Crippen LogP contribution in [0.4, 0.5) is 13.2 Å². The highest BCUT2D eigenvalue weighted by atomic mass is 19.4. The third-order valence-electron chi connectivity index (χ3n) is 2.04. The molecule has 0 heterocycles. The normalized spacial score (nSPS) is 13.3. The highest BCUT2D eigenvalue weighted by Crippen LogP contribution is 2.24. The van der Waals surface area contributed by atoms with Crippen LogP contribution in [0.15, 0.2) is 42.7 Å². The fourth-order valence-corrected chi connectivity index (χ4v) is 1.25. The van der Waals surface area contributed by atoms with Gasteiger partial charge in [0.05, 0.1) is 6.26 Å². The maximum absolute atomic E-state index is 12.4. The second kappa shape index (κ2) is 6.82. The van der Waals surface area contributed by atoms with Crippen LogP contribution in [0.25, 0.3) is 0 Å². The molecular formula is C13H13F3O3. The van der Waals surface area contributed by atoms with Crippen molar-refractivity contribution in [2.75, 3.05) is 0 Å². The topological polar surface area (TPSA) is 35.5 Å². The van der Waals surface area contributed by atoms with Crippen LogP contribution in [0.1, 0.15) is 12.5 Å². The van der Waals surface area contributed by atoms with Crippen molar-refractivity contribution in [3.05, 3.63) is 48.2 Å². The minimum Gasteiger partial charge on any atom is -0.455 e. The first-order chi connectivity index (χ1) is 8.89. The molecular weight excluding hydrogens is 261 g/mol. The molecule has 0 saturated heterocycles. The van der Waals surface area contributed by atoms with Crippen molar-refractivity contribution in [3.8, 4) is 0 Å². The standard InChI is InChI=1S/C13H13F3O3/c1-10(17)19-12(13(14,15)16)18-9-5-8-11-6-3-2-4-7-11/h2-7,9,12H,8H2,1H3/b9-5+. The van der Waals surface area contributed by atoms with Gasteiger partial charge in [-0.2, -0.15) is 13.2 Å². The van der Waals surface area contributed by atoms with Crippen LogP contribution in [-0.2, 0) is 20.7 Å². The molecule has 6 heteroatoms. The fourth-order valence-electron chi connectivity index (χ4n) is 1.25. The lowest BCUT2D eigenvalue weighted by atomic mass is 10.2. The Balaban J connectivity index is 2.50. The first kappa shape index (κ1) is 15.1. The second-order valence-corrected chi connectivity index (χ2v) is 3.68. The number of esters is 1. The number of allylic oxidation sites excluding steroid dienone is 1. The van der Waals surface area contributed by atoms with Crippen LogP contribution < -0.4 is 0 Å². The summed E-state index contributed by atoms with van der Waals surface area (Å²) in [6.07, 6.45) is -4.61. The number of alkyl halides is 3. The third kappa shape index (κ3) is 5.94. The maximum atomic E-state index is 12.4. The van der Waals surface area contributed by atoms with Gasteiger partial charge in [-0.15, -0.1) is 0 Å². The lowest BCUT2D eigenvalue weighted by Crippen LogP contribution is -2.34. The van der Waals surface area contributed by atoms with Crippen molar-refractivity contribution in [3.63, 3.8) is 0 Å². The first-order valence-corrected chi connectivity index (χ1v) is 5.48. The Hall–Kier alpha value is -1.98. The number of halogens is 3. The summed E-state index contributed by atoms with van der Waals surface area (Å²) in [5, 5.41) is 0. The summed E-state index contributed by atoms with van der Waals surface area (Å²) in [6.45, 7) is 0.885. The van der Waals surface area contributed by atoms with E-state index >= 15 is 0 Å². The molecule has 0 saturated carbocycles. The molecule has 0 bridgehead atoms. The summed E-state index contributed by atoms with van der Waals surface area (Å²) in [4.78, 5) is 10.5. The van der Waals surface area contributed by atoms with Gasteiger partial charge in [-0.3, -0.25) is 4.79 Å². The zero-order valence-electron chi connectivity index (χ0n) is 10.2. The van der Waals surface area contributed by atoms with E-state index in [9.17, 15) is 18.0 Å². The molecule has 0 radical (unpaired) electrons. The molecule has 0 spiro atoms. The van der Waals surface area contributed by atoms with E-state index in [1.165, 1.54) is 6.08 Å². The number of ether oxygens (including phenoxy) is 2. The van der Waals surface area contributed by atoms with Crippen molar-refractivity contribution in [1.29, 1.82) is 0 Å². The van der Waals surface area contributed by atoms with E-state index in [-0.39, 0.29) is 0 Å². The maximum Gasteiger partial charge on any atom is 0.464 e. The van der Waals surface area contributed by atoms with Gasteiger partial charge in [-0.25, -0.2) is 0 Å². The van der Waals surface area contributed by atoms with Gasteiger partial charge in [0, 0.05) is 6.92 Å². The smallest absolute Gasteiger partial charge is 0.455 e. The molecule has 3 nitrogen and oxygen atoms in total. The molecule has 0 N–H and O–H groups in total. The van der Waals surface area contributed by atoms with Gasteiger partial charge < -0.3 is 9.47 Å². The lowest BCUT2D eigenvalue weighted by Gasteiger charge is -2.18. The van der Waals surface area contributed by atoms with E-state index in [0.29, 0.717) is 6.42 Å². The van der Waals surface area contributed by atoms with Crippen LogP contribution in [0.3, 0.4) is 0 Å². The van der Waals surface area contributed by atoms with E-state index in [1.807, 2.05) is 30.3 Å². The van der Waals surface area contributed by atoms with Crippen LogP contribution in [0, 0.1) is 0 Å². The zero-order chi connectivity index (χ0) is 14.3. The number of rotatable bonds is 5. The Kier molecular flexibility index (Phi) is 5.41. The number of hydrogen-bond acceptors (Lipinski definition) is 3. The molecule has 0 fully saturated rings. The summed E-state index contributed by atoms with van der Waals surface area (Å²) in [5.41, 5.74) is 0.929. The van der Waals surface area contributed by atoms with Gasteiger partial charge in [0.2, 0.25) is 0 Å². The Labute approximate surface area is 108 Å². The Morgan fingerprint density at radius 3 is 2.47 bits per heavy atom. The molecule has 0 aliphatic rings. The average molecular weight is 274 g/mol. The monoisotopic (exact) mass is 274 g/mol. The predicted molar refractivity (Wildman–Crippen MR) is 62.0 cm³/mol. The quantitative estimate of drug-likeness (QED) is 0.470. The lowest BCUT2D eigenvalue weighted by molar-refractivity contribution is -0.285. The van der Waals surface area contributed by atoms with E-state index in [2.05, 4.69) is 9.47 Å². The minimum absolute atomic E-state index is 0.422. The largest absolute Gasteiger partial charge is 0.464 e. The molecule has 1 unspecified atom stereocenters. The van der Waals surface area contributed by atoms with Gasteiger partial charge >= 0.3 is 18.4 Å². The highest BCUT2D eigenvalue weighted by Gasteiger charge is 2.44. The van der Waals surface area contributed by atoms with E-state index in [4.69, 9.17) is 0 Å². The summed E-state index contributed by atoms with van der Waals surface area (Å²) in [6, 6.07) is 9.14. The number of carbonyl (C=O) groups is 1. The molecule has 1 aromatic rings. The van der Waals surface area contributed by atoms with E-state index < -0.39 is 18.4 Å². The molecule has 1 atom stereocenters. The highest BCUT2D eigenvalue weighted by molar-refractivity contribution is 5.66. The van der Waals surface area contributed by atoms with E-state index in [1.54, 1.807) is 0 Å². The summed E-state index contributed by atoms with van der Waals surface area (Å²) in [5.74, 6) is -1.06. The molecule has 0 aromatic heterocycles. The summed E-state index contributed by atoms with van der Waals surface area (Å²) >= 11 is 0. The Bertz CT molecular complexity index is 427. The van der Waals surface area contributed by atoms with Crippen LogP contribution in [0.5, 0.6) is 0 Å². The van der Waals surface area contributed by atoms with Gasteiger partial charge in [0.1, 0.15) is 0 Å². The van der Waals surface area contributed by atoms with Crippen LogP contribution >= 0.6 is 0 Å². The van der Waals surface area contributed by atoms with Crippen LogP contribution in [-0.4, -0.2) is 18.4 Å². The first-order valence-electron chi connectivity index (χ1n) is 5.48. The molecule has 1 aromatic carbocycles. The van der Waals surface area contributed by atoms with E-state index in [0.717, 1.165) is 18.7 Å². The minimum atomic E-state index is -4.76. The van der Waals surface area contributed by atoms with Gasteiger partial charge in [0.15, 0.2) is 0 Å². The SMILES string of the molecule is CC(=O)OC(O/C=C/Cc1ccccc1)C(F)(F)F. The Morgan fingerprint density at radius 2 is 1.95 bits per heavy atom. The van der Waals surface area contributed by atoms with Crippen LogP contribution in [0.2, 0.25) is 0 Å². The van der Waals surface area contributed by atoms with Gasteiger partial charge in [-0.05, 0) is 18.1 Å². The van der Waals surface area contributed by atoms with Gasteiger partial charge in [0.25, 0.3) is 0 Å². The molecule has 19 heavy (non-hydrogen) atoms. The number of carbonyl (C=O) groups excluding carboxylic acids is 1. The summed E-state index contributed by atoms with van der Waals surface area (Å²) < 4.78 is 45.6. The van der Waals surface area contributed by atoms with Crippen molar-refractivity contribution < 1.29 is 27.4 Å². The van der Waals surface area contributed by atoms with Crippen molar-refractivity contribution in [2.24, 2.45) is 0 Å². The average Bonchev–Trinajstić information content (AvgIpc) is 2.32. The molecule has 1 rings (SSSR count). The zero-order valence-corrected chi connectivity index (χ0v) is 10.2. The number of benzene rings is 1. The third-order valence-corrected chi connectivity index (χ3v) is 2.04. The van der Waals surface area contributed by atoms with Crippen molar-refractivity contribution in [2.45, 2.75) is 25.8 Å².